The molecule has 2 unspecified atom stereocenters. The molecule has 0 aromatic heterocycles. The highest BCUT2D eigenvalue weighted by Crippen LogP contribution is 2.30. The molecule has 0 heterocycles. The average molecular weight is 284 g/mol. The summed E-state index contributed by atoms with van der Waals surface area (Å²) in [4.78, 5) is 14.9. The first-order valence-electron chi connectivity index (χ1n) is 8.17. The van der Waals surface area contributed by atoms with Crippen LogP contribution in [-0.4, -0.2) is 43.7 Å². The Bertz CT molecular complexity index is 280. The predicted octanol–water partition coefficient (Wildman–Crippen LogP) is 2.42. The quantitative estimate of drug-likeness (QED) is 0.744. The van der Waals surface area contributed by atoms with Crippen LogP contribution in [0.1, 0.15) is 52.4 Å². The standard InChI is InChI=1S/C16H32N2O2/c1-4-15(5-2)18(9-10-20-3)16(19)14-8-6-7-13(11-14)12-17/h13-15H,4-12,17H2,1-3H3. The van der Waals surface area contributed by atoms with Crippen molar-refractivity contribution in [3.63, 3.8) is 0 Å². The molecule has 1 aliphatic rings. The third kappa shape index (κ3) is 4.74. The summed E-state index contributed by atoms with van der Waals surface area (Å²) in [7, 11) is 1.70. The summed E-state index contributed by atoms with van der Waals surface area (Å²) in [5.41, 5.74) is 5.79. The number of hydrogen-bond acceptors (Lipinski definition) is 3. The molecular formula is C16H32N2O2. The Kier molecular flexibility index (Phi) is 8.15. The van der Waals surface area contributed by atoms with Gasteiger partial charge in [-0.05, 0) is 44.6 Å². The van der Waals surface area contributed by atoms with Gasteiger partial charge in [0.1, 0.15) is 0 Å². The zero-order chi connectivity index (χ0) is 15.0. The molecule has 118 valence electrons. The number of amides is 1. The van der Waals surface area contributed by atoms with E-state index in [1.54, 1.807) is 7.11 Å². The van der Waals surface area contributed by atoms with E-state index in [4.69, 9.17) is 10.5 Å². The van der Waals surface area contributed by atoms with E-state index < -0.39 is 0 Å². The van der Waals surface area contributed by atoms with Gasteiger partial charge < -0.3 is 15.4 Å². The van der Waals surface area contributed by atoms with Crippen LogP contribution in [0.5, 0.6) is 0 Å². The Hall–Kier alpha value is -0.610. The van der Waals surface area contributed by atoms with Crippen molar-refractivity contribution in [2.75, 3.05) is 26.8 Å². The number of hydrogen-bond donors (Lipinski definition) is 1. The van der Waals surface area contributed by atoms with E-state index in [1.165, 1.54) is 6.42 Å². The smallest absolute Gasteiger partial charge is 0.226 e. The molecule has 2 N–H and O–H groups in total. The van der Waals surface area contributed by atoms with Gasteiger partial charge in [-0.2, -0.15) is 0 Å². The van der Waals surface area contributed by atoms with Crippen LogP contribution in [0, 0.1) is 11.8 Å². The van der Waals surface area contributed by atoms with Gasteiger partial charge in [0, 0.05) is 25.6 Å². The second kappa shape index (κ2) is 9.35. The Labute approximate surface area is 124 Å². The Balaban J connectivity index is 2.70. The molecule has 1 saturated carbocycles. The molecule has 4 heteroatoms. The number of nitrogens with two attached hydrogens (primary N) is 1. The number of carbonyl (C=O) groups is 1. The van der Waals surface area contributed by atoms with Gasteiger partial charge in [0.25, 0.3) is 0 Å². The van der Waals surface area contributed by atoms with Gasteiger partial charge in [0.05, 0.1) is 6.61 Å². The highest BCUT2D eigenvalue weighted by atomic mass is 16.5. The maximum absolute atomic E-state index is 12.9. The zero-order valence-corrected chi connectivity index (χ0v) is 13.4. The van der Waals surface area contributed by atoms with E-state index >= 15 is 0 Å². The molecule has 1 rings (SSSR count). The summed E-state index contributed by atoms with van der Waals surface area (Å²) in [5, 5.41) is 0. The minimum atomic E-state index is 0.176. The molecule has 0 spiro atoms. The highest BCUT2D eigenvalue weighted by Gasteiger charge is 2.31. The molecule has 1 aliphatic carbocycles. The van der Waals surface area contributed by atoms with Gasteiger partial charge in [0.15, 0.2) is 0 Å². The van der Waals surface area contributed by atoms with Crippen LogP contribution in [0.3, 0.4) is 0 Å². The first-order valence-corrected chi connectivity index (χ1v) is 8.17. The van der Waals surface area contributed by atoms with E-state index in [9.17, 15) is 4.79 Å². The molecule has 1 fully saturated rings. The molecule has 2 atom stereocenters. The molecule has 0 saturated heterocycles. The lowest BCUT2D eigenvalue weighted by Gasteiger charge is -2.36. The fraction of sp³-hybridized carbons (Fsp3) is 0.938. The Morgan fingerprint density at radius 3 is 2.60 bits per heavy atom. The second-order valence-corrected chi connectivity index (χ2v) is 5.96. The van der Waals surface area contributed by atoms with Gasteiger partial charge >= 0.3 is 0 Å². The van der Waals surface area contributed by atoms with Crippen molar-refractivity contribution in [1.29, 1.82) is 0 Å². The van der Waals surface area contributed by atoms with Gasteiger partial charge in [-0.1, -0.05) is 20.3 Å². The van der Waals surface area contributed by atoms with Crippen molar-refractivity contribution in [3.8, 4) is 0 Å². The average Bonchev–Trinajstić information content (AvgIpc) is 2.50. The minimum absolute atomic E-state index is 0.176. The maximum atomic E-state index is 12.9. The SMILES string of the molecule is CCC(CC)N(CCOC)C(=O)C1CCCC(CN)C1. The van der Waals surface area contributed by atoms with E-state index in [-0.39, 0.29) is 5.92 Å². The number of methoxy groups -OCH3 is 1. The molecule has 1 amide bonds. The monoisotopic (exact) mass is 284 g/mol. The minimum Gasteiger partial charge on any atom is -0.383 e. The molecule has 0 aromatic carbocycles. The summed E-state index contributed by atoms with van der Waals surface area (Å²) in [6.45, 7) is 6.36. The van der Waals surface area contributed by atoms with Crippen LogP contribution in [-0.2, 0) is 9.53 Å². The largest absolute Gasteiger partial charge is 0.383 e. The van der Waals surface area contributed by atoms with Crippen molar-refractivity contribution >= 4 is 5.91 Å². The lowest BCUT2D eigenvalue weighted by atomic mass is 9.80. The molecule has 0 bridgehead atoms. The van der Waals surface area contributed by atoms with Gasteiger partial charge in [0.2, 0.25) is 5.91 Å². The fourth-order valence-corrected chi connectivity index (χ4v) is 3.36. The lowest BCUT2D eigenvalue weighted by molar-refractivity contribution is -0.140. The van der Waals surface area contributed by atoms with Crippen LogP contribution >= 0.6 is 0 Å². The van der Waals surface area contributed by atoms with Crippen molar-refractivity contribution < 1.29 is 9.53 Å². The summed E-state index contributed by atoms with van der Waals surface area (Å²) in [6, 6.07) is 0.343. The van der Waals surface area contributed by atoms with Gasteiger partial charge in [-0.25, -0.2) is 0 Å². The Morgan fingerprint density at radius 1 is 1.35 bits per heavy atom. The van der Waals surface area contributed by atoms with E-state index in [0.29, 0.717) is 37.6 Å². The Morgan fingerprint density at radius 2 is 2.05 bits per heavy atom. The van der Waals surface area contributed by atoms with E-state index in [0.717, 1.165) is 32.1 Å². The predicted molar refractivity (Wildman–Crippen MR) is 82.5 cm³/mol. The number of rotatable bonds is 8. The van der Waals surface area contributed by atoms with Gasteiger partial charge in [-0.3, -0.25) is 4.79 Å². The number of ether oxygens (including phenoxy) is 1. The number of carbonyl (C=O) groups excluding carboxylic acids is 1. The van der Waals surface area contributed by atoms with Crippen LogP contribution in [0.4, 0.5) is 0 Å². The normalized spacial score (nSPS) is 23.1. The molecule has 0 aliphatic heterocycles. The maximum Gasteiger partial charge on any atom is 0.226 e. The lowest BCUT2D eigenvalue weighted by Crippen LogP contribution is -2.46. The van der Waals surface area contributed by atoms with Crippen LogP contribution in [0.25, 0.3) is 0 Å². The third-order valence-electron chi connectivity index (χ3n) is 4.67. The summed E-state index contributed by atoms with van der Waals surface area (Å²) in [5.74, 6) is 1.03. The summed E-state index contributed by atoms with van der Waals surface area (Å²) >= 11 is 0. The first kappa shape index (κ1) is 17.4. The van der Waals surface area contributed by atoms with Crippen molar-refractivity contribution in [2.24, 2.45) is 17.6 Å². The van der Waals surface area contributed by atoms with Crippen molar-refractivity contribution in [2.45, 2.75) is 58.4 Å². The van der Waals surface area contributed by atoms with Crippen LogP contribution in [0.2, 0.25) is 0 Å². The van der Waals surface area contributed by atoms with E-state index in [1.807, 2.05) is 0 Å². The summed E-state index contributed by atoms with van der Waals surface area (Å²) in [6.07, 6.45) is 6.35. The van der Waals surface area contributed by atoms with Crippen molar-refractivity contribution in [3.05, 3.63) is 0 Å². The molecule has 0 radical (unpaired) electrons. The van der Waals surface area contributed by atoms with Crippen LogP contribution < -0.4 is 5.73 Å². The molecule has 4 nitrogen and oxygen atoms in total. The topological polar surface area (TPSA) is 55.6 Å². The zero-order valence-electron chi connectivity index (χ0n) is 13.4. The molecular weight excluding hydrogens is 252 g/mol. The number of nitrogens with zero attached hydrogens (tertiary/aromatic N) is 1. The fourth-order valence-electron chi connectivity index (χ4n) is 3.36. The van der Waals surface area contributed by atoms with Crippen LogP contribution in [0.15, 0.2) is 0 Å². The second-order valence-electron chi connectivity index (χ2n) is 5.96. The molecule has 0 aromatic rings. The third-order valence-corrected chi connectivity index (χ3v) is 4.67. The van der Waals surface area contributed by atoms with Gasteiger partial charge in [-0.15, -0.1) is 0 Å². The van der Waals surface area contributed by atoms with E-state index in [2.05, 4.69) is 18.7 Å². The van der Waals surface area contributed by atoms with Crippen molar-refractivity contribution in [1.82, 2.24) is 4.90 Å². The first-order chi connectivity index (χ1) is 9.67. The molecule has 20 heavy (non-hydrogen) atoms. The highest BCUT2D eigenvalue weighted by molar-refractivity contribution is 5.79. The summed E-state index contributed by atoms with van der Waals surface area (Å²) < 4.78 is 5.18.